The van der Waals surface area contributed by atoms with Crippen LogP contribution in [0.4, 0.5) is 5.82 Å². The van der Waals surface area contributed by atoms with E-state index < -0.39 is 0 Å². The lowest BCUT2D eigenvalue weighted by atomic mass is 10.00. The van der Waals surface area contributed by atoms with Gasteiger partial charge in [0.15, 0.2) is 5.82 Å². The molecule has 2 heterocycles. The van der Waals surface area contributed by atoms with Crippen LogP contribution in [0.2, 0.25) is 0 Å². The summed E-state index contributed by atoms with van der Waals surface area (Å²) in [6.45, 7) is 0. The molecule has 1 aliphatic carbocycles. The van der Waals surface area contributed by atoms with Crippen molar-refractivity contribution in [2.45, 2.75) is 44.4 Å². The minimum absolute atomic E-state index is 0.446. The number of nitrogen functional groups attached to an aromatic ring is 1. The highest BCUT2D eigenvalue weighted by Crippen LogP contribution is 2.31. The van der Waals surface area contributed by atoms with Gasteiger partial charge in [-0.1, -0.05) is 30.8 Å². The lowest BCUT2D eigenvalue weighted by Crippen LogP contribution is -1.99. The number of anilines is 1. The van der Waals surface area contributed by atoms with Gasteiger partial charge in [0, 0.05) is 12.1 Å². The van der Waals surface area contributed by atoms with Crippen molar-refractivity contribution in [2.75, 3.05) is 5.73 Å². The van der Waals surface area contributed by atoms with Gasteiger partial charge in [-0.05, 0) is 25.0 Å². The predicted octanol–water partition coefficient (Wildman–Crippen LogP) is 3.15. The average molecular weight is 258 g/mol. The van der Waals surface area contributed by atoms with Crippen molar-refractivity contribution < 1.29 is 4.52 Å². The Morgan fingerprint density at radius 1 is 1.11 bits per heavy atom. The quantitative estimate of drug-likeness (QED) is 0.837. The normalized spacial score (nSPS) is 17.3. The van der Waals surface area contributed by atoms with Gasteiger partial charge in [-0.25, -0.2) is 4.98 Å². The van der Waals surface area contributed by atoms with Gasteiger partial charge in [-0.15, -0.1) is 0 Å². The molecule has 5 heteroatoms. The Labute approximate surface area is 112 Å². The summed E-state index contributed by atoms with van der Waals surface area (Å²) >= 11 is 0. The maximum Gasteiger partial charge on any atom is 0.259 e. The molecule has 0 bridgehead atoms. The van der Waals surface area contributed by atoms with Crippen molar-refractivity contribution >= 4 is 5.82 Å². The third-order valence-electron chi connectivity index (χ3n) is 3.70. The molecule has 19 heavy (non-hydrogen) atoms. The largest absolute Gasteiger partial charge is 0.384 e. The van der Waals surface area contributed by atoms with E-state index in [0.717, 1.165) is 11.4 Å². The molecule has 3 rings (SSSR count). The minimum Gasteiger partial charge on any atom is -0.384 e. The second-order valence-electron chi connectivity index (χ2n) is 5.12. The fourth-order valence-corrected chi connectivity index (χ4v) is 2.59. The van der Waals surface area contributed by atoms with E-state index in [0.29, 0.717) is 17.6 Å². The number of hydrogen-bond acceptors (Lipinski definition) is 5. The summed E-state index contributed by atoms with van der Waals surface area (Å²) in [5.41, 5.74) is 6.39. The Morgan fingerprint density at radius 3 is 2.58 bits per heavy atom. The van der Waals surface area contributed by atoms with Crippen LogP contribution >= 0.6 is 0 Å². The van der Waals surface area contributed by atoms with Gasteiger partial charge in [0.05, 0.1) is 5.56 Å². The van der Waals surface area contributed by atoms with E-state index in [1.54, 1.807) is 12.3 Å². The number of nitrogens with two attached hydrogens (primary N) is 1. The Balaban J connectivity index is 1.80. The smallest absolute Gasteiger partial charge is 0.259 e. The second-order valence-corrected chi connectivity index (χ2v) is 5.12. The summed E-state index contributed by atoms with van der Waals surface area (Å²) in [5.74, 6) is 2.31. The number of nitrogens with zero attached hydrogens (tertiary/aromatic N) is 3. The number of hydrogen-bond donors (Lipinski definition) is 1. The number of aromatic nitrogens is 3. The lowest BCUT2D eigenvalue weighted by Gasteiger charge is -2.07. The molecule has 2 aromatic heterocycles. The third-order valence-corrected chi connectivity index (χ3v) is 3.70. The number of rotatable bonds is 2. The molecule has 0 spiro atoms. The Morgan fingerprint density at radius 2 is 1.89 bits per heavy atom. The van der Waals surface area contributed by atoms with Gasteiger partial charge in [0.25, 0.3) is 5.89 Å². The first-order valence-corrected chi connectivity index (χ1v) is 6.88. The monoisotopic (exact) mass is 258 g/mol. The summed E-state index contributed by atoms with van der Waals surface area (Å²) in [6.07, 6.45) is 9.17. The van der Waals surface area contributed by atoms with Gasteiger partial charge in [-0.3, -0.25) is 0 Å². The first-order chi connectivity index (χ1) is 9.33. The van der Waals surface area contributed by atoms with E-state index in [4.69, 9.17) is 10.3 Å². The van der Waals surface area contributed by atoms with Crippen LogP contribution in [0.25, 0.3) is 11.5 Å². The van der Waals surface area contributed by atoms with E-state index in [1.807, 2.05) is 6.07 Å². The molecule has 2 aromatic rings. The first-order valence-electron chi connectivity index (χ1n) is 6.88. The van der Waals surface area contributed by atoms with Gasteiger partial charge in [-0.2, -0.15) is 4.98 Å². The molecule has 0 aliphatic heterocycles. The Hall–Kier alpha value is -1.91. The number of pyridine rings is 1. The van der Waals surface area contributed by atoms with Crippen LogP contribution < -0.4 is 5.73 Å². The van der Waals surface area contributed by atoms with E-state index in [9.17, 15) is 0 Å². The summed E-state index contributed by atoms with van der Waals surface area (Å²) in [7, 11) is 0. The van der Waals surface area contributed by atoms with E-state index >= 15 is 0 Å². The first kappa shape index (κ1) is 12.1. The summed E-state index contributed by atoms with van der Waals surface area (Å²) in [4.78, 5) is 8.56. The van der Waals surface area contributed by atoms with Crippen molar-refractivity contribution in [3.63, 3.8) is 0 Å². The highest BCUT2D eigenvalue weighted by Gasteiger charge is 2.20. The zero-order chi connectivity index (χ0) is 13.1. The van der Waals surface area contributed by atoms with E-state index in [-0.39, 0.29) is 0 Å². The molecule has 100 valence electrons. The standard InChI is InChI=1S/C14H18N4O/c15-12-8-7-11(9-16-12)14-17-13(18-19-14)10-5-3-1-2-4-6-10/h7-10H,1-6H2,(H2,15,16). The van der Waals surface area contributed by atoms with Crippen molar-refractivity contribution in [3.05, 3.63) is 24.2 Å². The fraction of sp³-hybridized carbons (Fsp3) is 0.500. The lowest BCUT2D eigenvalue weighted by molar-refractivity contribution is 0.410. The zero-order valence-corrected chi connectivity index (χ0v) is 10.9. The van der Waals surface area contributed by atoms with Gasteiger partial charge < -0.3 is 10.3 Å². The topological polar surface area (TPSA) is 77.8 Å². The van der Waals surface area contributed by atoms with E-state index in [1.165, 1.54) is 38.5 Å². The maximum absolute atomic E-state index is 5.57. The zero-order valence-electron chi connectivity index (χ0n) is 10.9. The fourth-order valence-electron chi connectivity index (χ4n) is 2.59. The van der Waals surface area contributed by atoms with Crippen LogP contribution in [0, 0.1) is 0 Å². The molecule has 0 radical (unpaired) electrons. The molecule has 1 saturated carbocycles. The van der Waals surface area contributed by atoms with Crippen LogP contribution in [0.3, 0.4) is 0 Å². The van der Waals surface area contributed by atoms with Crippen LogP contribution in [0.1, 0.15) is 50.3 Å². The van der Waals surface area contributed by atoms with Crippen LogP contribution in [0.5, 0.6) is 0 Å². The molecule has 1 aliphatic rings. The van der Waals surface area contributed by atoms with E-state index in [2.05, 4.69) is 15.1 Å². The molecule has 0 amide bonds. The van der Waals surface area contributed by atoms with Crippen molar-refractivity contribution in [1.29, 1.82) is 0 Å². The third kappa shape index (κ3) is 2.75. The predicted molar refractivity (Wildman–Crippen MR) is 72.4 cm³/mol. The van der Waals surface area contributed by atoms with Crippen LogP contribution in [0.15, 0.2) is 22.9 Å². The maximum atomic E-state index is 5.57. The van der Waals surface area contributed by atoms with Gasteiger partial charge in [0.1, 0.15) is 5.82 Å². The van der Waals surface area contributed by atoms with Crippen molar-refractivity contribution in [2.24, 2.45) is 0 Å². The van der Waals surface area contributed by atoms with Crippen LogP contribution in [-0.2, 0) is 0 Å². The molecule has 2 N–H and O–H groups in total. The average Bonchev–Trinajstić information content (AvgIpc) is 2.76. The summed E-state index contributed by atoms with van der Waals surface area (Å²) in [6, 6.07) is 3.59. The van der Waals surface area contributed by atoms with Crippen molar-refractivity contribution in [1.82, 2.24) is 15.1 Å². The molecular formula is C14H18N4O. The molecule has 0 aromatic carbocycles. The van der Waals surface area contributed by atoms with Crippen LogP contribution in [-0.4, -0.2) is 15.1 Å². The Kier molecular flexibility index (Phi) is 3.44. The highest BCUT2D eigenvalue weighted by molar-refractivity contribution is 5.53. The summed E-state index contributed by atoms with van der Waals surface area (Å²) in [5, 5.41) is 4.14. The molecule has 0 atom stereocenters. The molecule has 0 unspecified atom stereocenters. The van der Waals surface area contributed by atoms with Crippen molar-refractivity contribution in [3.8, 4) is 11.5 Å². The van der Waals surface area contributed by atoms with Gasteiger partial charge >= 0.3 is 0 Å². The molecule has 0 saturated heterocycles. The summed E-state index contributed by atoms with van der Waals surface area (Å²) < 4.78 is 5.34. The van der Waals surface area contributed by atoms with Gasteiger partial charge in [0.2, 0.25) is 0 Å². The minimum atomic E-state index is 0.446. The second kappa shape index (κ2) is 5.38. The molecular weight excluding hydrogens is 240 g/mol. The molecule has 5 nitrogen and oxygen atoms in total. The highest BCUT2D eigenvalue weighted by atomic mass is 16.5. The SMILES string of the molecule is Nc1ccc(-c2nc(C3CCCCCC3)no2)cn1. The Bertz CT molecular complexity index is 527. The molecule has 1 fully saturated rings.